The molecule has 1 heterocycles. The summed E-state index contributed by atoms with van der Waals surface area (Å²) in [5, 5.41) is 16.6. The number of nitrogens with one attached hydrogen (secondary N) is 1. The zero-order valence-corrected chi connectivity index (χ0v) is 14.4. The molecule has 0 bridgehead atoms. The van der Waals surface area contributed by atoms with Gasteiger partial charge in [0.1, 0.15) is 0 Å². The Morgan fingerprint density at radius 1 is 1.08 bits per heavy atom. The molecular weight excluding hydrogens is 314 g/mol. The second-order valence-corrected chi connectivity index (χ2v) is 6.09. The van der Waals surface area contributed by atoms with Crippen LogP contribution in [0.15, 0.2) is 59.1 Å². The largest absolute Gasteiger partial charge is 0.396 e. The first-order valence-corrected chi connectivity index (χ1v) is 8.55. The Labute approximate surface area is 147 Å². The van der Waals surface area contributed by atoms with Crippen LogP contribution in [0.2, 0.25) is 0 Å². The minimum absolute atomic E-state index is 0.142. The first kappa shape index (κ1) is 17.3. The maximum Gasteiger partial charge on any atom is 0.240 e. The van der Waals surface area contributed by atoms with Crippen LogP contribution in [0.5, 0.6) is 0 Å². The molecule has 2 aromatic carbocycles. The Morgan fingerprint density at radius 2 is 1.84 bits per heavy atom. The number of aliphatic hydroxyl groups is 1. The summed E-state index contributed by atoms with van der Waals surface area (Å²) in [6.45, 7) is 2.72. The lowest BCUT2D eigenvalue weighted by Crippen LogP contribution is -2.21. The van der Waals surface area contributed by atoms with E-state index in [2.05, 4.69) is 27.6 Å². The van der Waals surface area contributed by atoms with Crippen LogP contribution in [0.25, 0.3) is 11.4 Å². The SMILES string of the molecule is Cc1ccc(-c2noc(CNC(CCCO)c3ccccc3)n2)cc1. The summed E-state index contributed by atoms with van der Waals surface area (Å²) in [7, 11) is 0. The fourth-order valence-electron chi connectivity index (χ4n) is 2.72. The Hall–Kier alpha value is -2.50. The van der Waals surface area contributed by atoms with Crippen molar-refractivity contribution in [3.8, 4) is 11.4 Å². The smallest absolute Gasteiger partial charge is 0.240 e. The van der Waals surface area contributed by atoms with Crippen molar-refractivity contribution in [2.75, 3.05) is 6.61 Å². The molecule has 0 spiro atoms. The van der Waals surface area contributed by atoms with Crippen LogP contribution >= 0.6 is 0 Å². The van der Waals surface area contributed by atoms with Crippen molar-refractivity contribution >= 4 is 0 Å². The van der Waals surface area contributed by atoms with Gasteiger partial charge in [-0.1, -0.05) is 65.3 Å². The van der Waals surface area contributed by atoms with Gasteiger partial charge in [0.15, 0.2) is 0 Å². The van der Waals surface area contributed by atoms with Gasteiger partial charge >= 0.3 is 0 Å². The molecule has 0 saturated carbocycles. The molecule has 0 saturated heterocycles. The van der Waals surface area contributed by atoms with Gasteiger partial charge in [-0.25, -0.2) is 0 Å². The van der Waals surface area contributed by atoms with Gasteiger partial charge in [0, 0.05) is 18.2 Å². The van der Waals surface area contributed by atoms with Crippen LogP contribution in [-0.4, -0.2) is 21.9 Å². The van der Waals surface area contributed by atoms with E-state index < -0.39 is 0 Å². The van der Waals surface area contributed by atoms with Gasteiger partial charge in [0.2, 0.25) is 11.7 Å². The molecule has 0 radical (unpaired) electrons. The summed E-state index contributed by atoms with van der Waals surface area (Å²) in [5.74, 6) is 1.16. The minimum Gasteiger partial charge on any atom is -0.396 e. The van der Waals surface area contributed by atoms with Crippen LogP contribution in [0.1, 0.15) is 35.9 Å². The summed E-state index contributed by atoms with van der Waals surface area (Å²) < 4.78 is 5.37. The van der Waals surface area contributed by atoms with Crippen molar-refractivity contribution in [2.24, 2.45) is 0 Å². The average molecular weight is 337 g/mol. The molecule has 0 fully saturated rings. The summed E-state index contributed by atoms with van der Waals surface area (Å²) in [4.78, 5) is 4.47. The van der Waals surface area contributed by atoms with Crippen LogP contribution in [0.3, 0.4) is 0 Å². The second-order valence-electron chi connectivity index (χ2n) is 6.09. The molecule has 130 valence electrons. The Bertz CT molecular complexity index is 769. The molecule has 2 N–H and O–H groups in total. The average Bonchev–Trinajstić information content (AvgIpc) is 3.12. The van der Waals surface area contributed by atoms with E-state index in [0.29, 0.717) is 18.3 Å². The molecule has 0 aliphatic carbocycles. The highest BCUT2D eigenvalue weighted by atomic mass is 16.5. The number of hydrogen-bond donors (Lipinski definition) is 2. The molecular formula is C20H23N3O2. The number of aliphatic hydroxyl groups excluding tert-OH is 1. The standard InChI is InChI=1S/C20H23N3O2/c1-15-9-11-17(12-10-15)20-22-19(25-23-20)14-21-18(8-5-13-24)16-6-3-2-4-7-16/h2-4,6-7,9-12,18,21,24H,5,8,13-14H2,1H3. The van der Waals surface area contributed by atoms with E-state index in [1.807, 2.05) is 49.4 Å². The quantitative estimate of drug-likeness (QED) is 0.656. The normalized spacial score (nSPS) is 12.2. The Kier molecular flexibility index (Phi) is 5.93. The van der Waals surface area contributed by atoms with Crippen molar-refractivity contribution in [3.63, 3.8) is 0 Å². The number of nitrogens with zero attached hydrogens (tertiary/aromatic N) is 2. The molecule has 0 aliphatic heterocycles. The fourth-order valence-corrected chi connectivity index (χ4v) is 2.72. The molecule has 5 heteroatoms. The van der Waals surface area contributed by atoms with E-state index in [9.17, 15) is 0 Å². The minimum atomic E-state index is 0.142. The second kappa shape index (κ2) is 8.55. The fraction of sp³-hybridized carbons (Fsp3) is 0.300. The Morgan fingerprint density at radius 3 is 2.56 bits per heavy atom. The van der Waals surface area contributed by atoms with Gasteiger partial charge in [-0.05, 0) is 25.3 Å². The van der Waals surface area contributed by atoms with Crippen molar-refractivity contribution in [2.45, 2.75) is 32.4 Å². The first-order valence-electron chi connectivity index (χ1n) is 8.55. The molecule has 3 rings (SSSR count). The van der Waals surface area contributed by atoms with E-state index in [1.54, 1.807) is 0 Å². The highest BCUT2D eigenvalue weighted by Crippen LogP contribution is 2.20. The Balaban J connectivity index is 1.66. The van der Waals surface area contributed by atoms with Crippen LogP contribution in [0, 0.1) is 6.92 Å². The number of aryl methyl sites for hydroxylation is 1. The van der Waals surface area contributed by atoms with E-state index in [0.717, 1.165) is 18.4 Å². The lowest BCUT2D eigenvalue weighted by atomic mass is 10.0. The zero-order chi connectivity index (χ0) is 17.5. The summed E-state index contributed by atoms with van der Waals surface area (Å²) in [6, 6.07) is 18.4. The van der Waals surface area contributed by atoms with Crippen molar-refractivity contribution < 1.29 is 9.63 Å². The van der Waals surface area contributed by atoms with Crippen LogP contribution in [-0.2, 0) is 6.54 Å². The summed E-state index contributed by atoms with van der Waals surface area (Å²) in [6.07, 6.45) is 1.59. The van der Waals surface area contributed by atoms with Crippen LogP contribution in [0.4, 0.5) is 0 Å². The monoisotopic (exact) mass is 337 g/mol. The van der Waals surface area contributed by atoms with E-state index in [-0.39, 0.29) is 12.6 Å². The van der Waals surface area contributed by atoms with E-state index >= 15 is 0 Å². The maximum absolute atomic E-state index is 9.13. The van der Waals surface area contributed by atoms with Gasteiger partial charge in [0.05, 0.1) is 6.54 Å². The third-order valence-electron chi connectivity index (χ3n) is 4.13. The molecule has 1 aromatic heterocycles. The molecule has 0 aliphatic rings. The molecule has 1 atom stereocenters. The number of hydrogen-bond acceptors (Lipinski definition) is 5. The lowest BCUT2D eigenvalue weighted by molar-refractivity contribution is 0.272. The zero-order valence-electron chi connectivity index (χ0n) is 14.4. The van der Waals surface area contributed by atoms with Crippen molar-refractivity contribution in [1.29, 1.82) is 0 Å². The van der Waals surface area contributed by atoms with E-state index in [4.69, 9.17) is 9.63 Å². The van der Waals surface area contributed by atoms with Gasteiger partial charge in [0.25, 0.3) is 0 Å². The third-order valence-corrected chi connectivity index (χ3v) is 4.13. The summed E-state index contributed by atoms with van der Waals surface area (Å²) >= 11 is 0. The first-order chi connectivity index (χ1) is 12.3. The number of rotatable bonds is 8. The van der Waals surface area contributed by atoms with Crippen LogP contribution < -0.4 is 5.32 Å². The molecule has 0 amide bonds. The van der Waals surface area contributed by atoms with Gasteiger partial charge in [-0.3, -0.25) is 0 Å². The predicted molar refractivity (Wildman–Crippen MR) is 96.8 cm³/mol. The maximum atomic E-state index is 9.13. The molecule has 25 heavy (non-hydrogen) atoms. The van der Waals surface area contributed by atoms with Crippen molar-refractivity contribution in [1.82, 2.24) is 15.5 Å². The lowest BCUT2D eigenvalue weighted by Gasteiger charge is -2.17. The summed E-state index contributed by atoms with van der Waals surface area (Å²) in [5.41, 5.74) is 3.33. The number of aromatic nitrogens is 2. The molecule has 1 unspecified atom stereocenters. The molecule has 5 nitrogen and oxygen atoms in total. The van der Waals surface area contributed by atoms with E-state index in [1.165, 1.54) is 11.1 Å². The third kappa shape index (κ3) is 4.75. The number of benzene rings is 2. The highest BCUT2D eigenvalue weighted by Gasteiger charge is 2.13. The predicted octanol–water partition coefficient (Wildman–Crippen LogP) is 3.65. The molecule has 3 aromatic rings. The van der Waals surface area contributed by atoms with Gasteiger partial charge in [-0.2, -0.15) is 4.98 Å². The van der Waals surface area contributed by atoms with Crippen molar-refractivity contribution in [3.05, 3.63) is 71.6 Å². The topological polar surface area (TPSA) is 71.2 Å². The highest BCUT2D eigenvalue weighted by molar-refractivity contribution is 5.54. The van der Waals surface area contributed by atoms with Gasteiger partial charge in [-0.15, -0.1) is 0 Å². The van der Waals surface area contributed by atoms with Gasteiger partial charge < -0.3 is 14.9 Å².